The predicted molar refractivity (Wildman–Crippen MR) is 358 cm³/mol. The minimum absolute atomic E-state index is 0.0758. The molecule has 96 heavy (non-hydrogen) atoms. The first-order chi connectivity index (χ1) is 45.4. The molecule has 7 N–H and O–H groups in total. The molecule has 3 heterocycles. The van der Waals surface area contributed by atoms with E-state index in [0.717, 1.165) is 16.0 Å². The zero-order valence-electron chi connectivity index (χ0n) is 57.4. The molecule has 27 nitrogen and oxygen atoms in total. The Labute approximate surface area is 567 Å². The Hall–Kier alpha value is -8.56. The minimum Gasteiger partial charge on any atom is -0.495 e. The van der Waals surface area contributed by atoms with E-state index in [9.17, 15) is 52.7 Å². The van der Waals surface area contributed by atoms with Crippen LogP contribution in [0.3, 0.4) is 0 Å². The fraction of sp³-hybridized carbons (Fsp3) is 0.574. The second-order valence-electron chi connectivity index (χ2n) is 25.4. The van der Waals surface area contributed by atoms with E-state index >= 15 is 0 Å². The van der Waals surface area contributed by atoms with Crippen LogP contribution < -0.4 is 42.0 Å². The van der Waals surface area contributed by atoms with Crippen molar-refractivity contribution >= 4 is 89.0 Å². The zero-order valence-corrected chi connectivity index (χ0v) is 58.2. The lowest BCUT2D eigenvalue weighted by molar-refractivity contribution is -0.155. The smallest absolute Gasteiger partial charge is 0.409 e. The maximum atomic E-state index is 14.5. The van der Waals surface area contributed by atoms with Crippen molar-refractivity contribution < 1.29 is 81.2 Å². The van der Waals surface area contributed by atoms with E-state index in [-0.39, 0.29) is 81.8 Å². The first-order valence-electron chi connectivity index (χ1n) is 32.3. The number of unbranched alkanes of at least 4 members (excludes halogenated alkanes) is 2. The van der Waals surface area contributed by atoms with Crippen LogP contribution in [0.1, 0.15) is 124 Å². The molecule has 0 saturated carbocycles. The second kappa shape index (κ2) is 36.5. The molecule has 0 spiro atoms. The van der Waals surface area contributed by atoms with Crippen molar-refractivity contribution in [2.75, 3.05) is 71.8 Å². The number of hydrogen-bond acceptors (Lipinski definition) is 17. The molecule has 2 saturated heterocycles. The van der Waals surface area contributed by atoms with Crippen molar-refractivity contribution in [1.29, 1.82) is 0 Å². The Bertz CT molecular complexity index is 3200. The molecule has 10 unspecified atom stereocenters. The van der Waals surface area contributed by atoms with E-state index < -0.39 is 113 Å². The number of amides is 11. The number of nitrogens with zero attached hydrogens (tertiary/aromatic N) is 4. The van der Waals surface area contributed by atoms with Gasteiger partial charge in [-0.25, -0.2) is 19.2 Å². The van der Waals surface area contributed by atoms with Crippen LogP contribution in [0, 0.1) is 17.8 Å². The Morgan fingerprint density at radius 2 is 1.65 bits per heavy atom. The quantitative estimate of drug-likeness (QED) is 0.0124. The molecule has 4 bridgehead atoms. The number of nitrogens with two attached hydrogens (primary N) is 1. The SMILES string of the molecule is CC=CC(=O)N(C=O)CCCCCC(=O)NC(C(=O)NC(CCCNC(N)=O)C(=O)Nc1ccc(COC(=O)N(C)CCC(=O)N(C)C(C)C(=O)OCC2CC(=O)N(C)c3cc(cc(OC)c3Cl)CC(C)=CC=CC(OC)C3(C)CC(OC(=O)N3)C(C)C3OC23C)cc1)C(C)C. The fourth-order valence-corrected chi connectivity index (χ4v) is 11.8. The van der Waals surface area contributed by atoms with Gasteiger partial charge in [0.05, 0.1) is 42.8 Å². The summed E-state index contributed by atoms with van der Waals surface area (Å²) in [4.78, 5) is 148. The van der Waals surface area contributed by atoms with Gasteiger partial charge < -0.3 is 75.4 Å². The molecule has 2 fully saturated rings. The number of epoxide rings is 1. The number of carbonyl (C=O) groups is 11. The number of alkyl carbamates (subject to hydrolysis) is 1. The van der Waals surface area contributed by atoms with Gasteiger partial charge in [0.25, 0.3) is 5.91 Å². The summed E-state index contributed by atoms with van der Waals surface area (Å²) < 4.78 is 35.4. The van der Waals surface area contributed by atoms with Crippen molar-refractivity contribution in [3.05, 3.63) is 88.5 Å². The fourth-order valence-electron chi connectivity index (χ4n) is 11.5. The van der Waals surface area contributed by atoms with Crippen molar-refractivity contribution in [1.82, 2.24) is 36.0 Å². The first-order valence-corrected chi connectivity index (χ1v) is 32.7. The summed E-state index contributed by atoms with van der Waals surface area (Å²) in [7, 11) is 7.54. The lowest BCUT2D eigenvalue weighted by atomic mass is 9.78. The molecule has 5 rings (SSSR count). The number of halogens is 1. The summed E-state index contributed by atoms with van der Waals surface area (Å²) >= 11 is 6.87. The van der Waals surface area contributed by atoms with Gasteiger partial charge in [0, 0.05) is 91.1 Å². The number of primary amides is 1. The number of urea groups is 1. The molecule has 28 heteroatoms. The molecule has 10 atom stereocenters. The molecule has 2 aromatic rings. The Kier molecular flexibility index (Phi) is 29.7. The largest absolute Gasteiger partial charge is 0.495 e. The molecule has 3 aliphatic rings. The van der Waals surface area contributed by atoms with Crippen LogP contribution >= 0.6 is 11.6 Å². The summed E-state index contributed by atoms with van der Waals surface area (Å²) in [6, 6.07) is 6.01. The number of fused-ring (bicyclic) bond motifs is 5. The molecular formula is C68H97ClN10O17. The van der Waals surface area contributed by atoms with E-state index in [1.165, 1.54) is 55.0 Å². The monoisotopic (exact) mass is 1360 g/mol. The van der Waals surface area contributed by atoms with Crippen molar-refractivity contribution in [3.8, 4) is 5.75 Å². The van der Waals surface area contributed by atoms with Gasteiger partial charge >= 0.3 is 24.2 Å². The van der Waals surface area contributed by atoms with Gasteiger partial charge in [0.2, 0.25) is 35.9 Å². The lowest BCUT2D eigenvalue weighted by Gasteiger charge is -2.43. The highest BCUT2D eigenvalue weighted by atomic mass is 35.5. The summed E-state index contributed by atoms with van der Waals surface area (Å²) in [5.41, 5.74) is 6.36. The third kappa shape index (κ3) is 22.3. The van der Waals surface area contributed by atoms with E-state index in [2.05, 4.69) is 26.6 Å². The molecule has 3 aliphatic heterocycles. The Morgan fingerprint density at radius 3 is 2.29 bits per heavy atom. The minimum atomic E-state index is -1.11. The number of benzene rings is 2. The van der Waals surface area contributed by atoms with Crippen molar-refractivity contribution in [3.63, 3.8) is 0 Å². The standard InChI is InChI=1S/C68H97ClN10O17/c1-14-20-56(83)79(40-80)31-17-15-16-24-54(81)74-59(41(2)3)62(86)73-49(22-19-30-71-64(70)88)61(85)72-48-27-25-45(26-28-48)38-94-66(90)76(9)32-29-55(82)77(10)44(6)63(87)93-39-47-36-57(84)78(11)50-34-46(35-51(91-12)58(50)69)33-42(4)21-18-23-53(92-13)67(7)37-52(95-65(89)75-67)43(5)60-68(47,8)96-60/h14,18,20-21,23,25-28,34-35,40-41,43-44,47,49,52-53,59-60H,15-17,19,22,24,29-33,36-39H2,1-13H3,(H,72,85)(H,73,86)(H,74,81)(H,75,89)(H3,70,71,88). The number of methoxy groups -OCH3 is 2. The van der Waals surface area contributed by atoms with E-state index in [0.29, 0.717) is 61.2 Å². The van der Waals surface area contributed by atoms with E-state index in [4.69, 9.17) is 45.8 Å². The molecular weight excluding hydrogens is 1260 g/mol. The topological polar surface area (TPSA) is 346 Å². The number of rotatable bonds is 29. The van der Waals surface area contributed by atoms with Crippen LogP contribution in [0.25, 0.3) is 0 Å². The van der Waals surface area contributed by atoms with Crippen molar-refractivity contribution in [2.45, 2.75) is 174 Å². The van der Waals surface area contributed by atoms with Gasteiger partial charge in [-0.2, -0.15) is 0 Å². The van der Waals surface area contributed by atoms with E-state index in [1.807, 2.05) is 58.1 Å². The molecule has 0 aliphatic carbocycles. The third-order valence-corrected chi connectivity index (χ3v) is 18.1. The van der Waals surface area contributed by atoms with Crippen LogP contribution in [0.5, 0.6) is 5.75 Å². The zero-order chi connectivity index (χ0) is 71.2. The average Bonchev–Trinajstić information content (AvgIpc) is 1.57. The Morgan fingerprint density at radius 1 is 0.938 bits per heavy atom. The second-order valence-corrected chi connectivity index (χ2v) is 25.8. The maximum Gasteiger partial charge on any atom is 0.409 e. The van der Waals surface area contributed by atoms with E-state index in [1.54, 1.807) is 59.2 Å². The van der Waals surface area contributed by atoms with Crippen LogP contribution in [0.4, 0.5) is 25.8 Å². The van der Waals surface area contributed by atoms with Gasteiger partial charge in [-0.05, 0) is 114 Å². The highest BCUT2D eigenvalue weighted by molar-refractivity contribution is 6.35. The predicted octanol–water partition coefficient (Wildman–Crippen LogP) is 6.63. The summed E-state index contributed by atoms with van der Waals surface area (Å²) in [6.07, 6.45) is 8.21. The third-order valence-electron chi connectivity index (χ3n) is 17.7. The van der Waals surface area contributed by atoms with Gasteiger partial charge in [0.15, 0.2) is 0 Å². The van der Waals surface area contributed by atoms with Crippen LogP contribution in [0.2, 0.25) is 5.02 Å². The normalized spacial score (nSPS) is 21.9. The summed E-state index contributed by atoms with van der Waals surface area (Å²) in [5.74, 6) is -4.81. The van der Waals surface area contributed by atoms with Crippen LogP contribution in [-0.4, -0.2) is 190 Å². The van der Waals surface area contributed by atoms with Crippen LogP contribution in [-0.2, 0) is 75.1 Å². The number of hydrogen-bond donors (Lipinski definition) is 6. The maximum absolute atomic E-state index is 14.5. The molecule has 528 valence electrons. The average molecular weight is 1360 g/mol. The highest BCUT2D eigenvalue weighted by Crippen LogP contribution is 2.51. The lowest BCUT2D eigenvalue weighted by Crippen LogP contribution is -2.61. The molecule has 0 aromatic heterocycles. The molecule has 11 amide bonds. The first kappa shape index (κ1) is 78.1. The number of esters is 1. The summed E-state index contributed by atoms with van der Waals surface area (Å²) in [5, 5.41) is 13.9. The van der Waals surface area contributed by atoms with Gasteiger partial charge in [-0.15, -0.1) is 0 Å². The van der Waals surface area contributed by atoms with Crippen LogP contribution in [0.15, 0.2) is 72.4 Å². The number of allylic oxidation sites excluding steroid dienone is 4. The van der Waals surface area contributed by atoms with Gasteiger partial charge in [-0.3, -0.25) is 38.5 Å². The van der Waals surface area contributed by atoms with Gasteiger partial charge in [0.1, 0.15) is 41.6 Å². The number of likely N-dealkylation sites (N-methyl/N-ethyl adjacent to an activating group) is 1. The number of carbonyl (C=O) groups excluding carboxylic acids is 11. The number of imide groups is 1. The highest BCUT2D eigenvalue weighted by Gasteiger charge is 2.63. The summed E-state index contributed by atoms with van der Waals surface area (Å²) in [6.45, 7) is 14.0. The Balaban J connectivity index is 1.16. The number of anilines is 2. The molecule has 2 aromatic carbocycles. The van der Waals surface area contributed by atoms with Crippen molar-refractivity contribution in [2.24, 2.45) is 23.5 Å². The molecule has 0 radical (unpaired) electrons. The number of nitrogens with one attached hydrogen (secondary N) is 5. The number of ether oxygens (including phenoxy) is 6. The van der Waals surface area contributed by atoms with Gasteiger partial charge in [-0.1, -0.05) is 80.8 Å².